The van der Waals surface area contributed by atoms with E-state index in [0.29, 0.717) is 11.6 Å². The Morgan fingerprint density at radius 2 is 1.83 bits per heavy atom. The molecule has 120 valence electrons. The highest BCUT2D eigenvalue weighted by Gasteiger charge is 1.97. The Bertz CT molecular complexity index is 648. The summed E-state index contributed by atoms with van der Waals surface area (Å²) in [5.41, 5.74) is 2.18. The van der Waals surface area contributed by atoms with Crippen molar-refractivity contribution >= 4 is 23.6 Å². The van der Waals surface area contributed by atoms with Crippen molar-refractivity contribution in [3.8, 4) is 5.75 Å². The lowest BCUT2D eigenvalue weighted by molar-refractivity contribution is -0.116. The van der Waals surface area contributed by atoms with E-state index in [1.165, 1.54) is 11.6 Å². The van der Waals surface area contributed by atoms with Crippen LogP contribution in [-0.4, -0.2) is 19.6 Å². The van der Waals surface area contributed by atoms with Crippen molar-refractivity contribution in [3.05, 3.63) is 70.8 Å². The molecule has 0 aliphatic carbocycles. The first-order chi connectivity index (χ1) is 11.2. The monoisotopic (exact) mass is 329 g/mol. The van der Waals surface area contributed by atoms with Gasteiger partial charge in [-0.15, -0.1) is 0 Å². The van der Waals surface area contributed by atoms with Gasteiger partial charge in [-0.05, 0) is 54.3 Å². The standard InChI is InChI=1S/C19H20ClNO2/c1-23-18-11-6-15(7-12-18)3-2-14-21-19(22)13-8-16-4-9-17(20)10-5-16/h4-13H,2-3,14H2,1H3,(H,21,22)/b13-8+. The van der Waals surface area contributed by atoms with E-state index in [2.05, 4.69) is 5.32 Å². The van der Waals surface area contributed by atoms with Gasteiger partial charge in [-0.1, -0.05) is 35.9 Å². The van der Waals surface area contributed by atoms with Crippen LogP contribution in [0.4, 0.5) is 0 Å². The fourth-order valence-corrected chi connectivity index (χ4v) is 2.23. The predicted octanol–water partition coefficient (Wildman–Crippen LogP) is 4.11. The average molecular weight is 330 g/mol. The zero-order valence-electron chi connectivity index (χ0n) is 13.1. The molecule has 0 radical (unpaired) electrons. The number of hydrogen-bond donors (Lipinski definition) is 1. The van der Waals surface area contributed by atoms with E-state index in [1.807, 2.05) is 36.4 Å². The van der Waals surface area contributed by atoms with Crippen LogP contribution in [0.1, 0.15) is 17.5 Å². The summed E-state index contributed by atoms with van der Waals surface area (Å²) >= 11 is 5.82. The second kappa shape index (κ2) is 9.01. The third-order valence-corrected chi connectivity index (χ3v) is 3.65. The minimum atomic E-state index is -0.0883. The van der Waals surface area contributed by atoms with Gasteiger partial charge in [0.2, 0.25) is 5.91 Å². The minimum absolute atomic E-state index is 0.0883. The van der Waals surface area contributed by atoms with E-state index >= 15 is 0 Å². The van der Waals surface area contributed by atoms with Crippen LogP contribution in [-0.2, 0) is 11.2 Å². The molecule has 3 nitrogen and oxygen atoms in total. The van der Waals surface area contributed by atoms with Crippen LogP contribution in [0, 0.1) is 0 Å². The predicted molar refractivity (Wildman–Crippen MR) is 94.8 cm³/mol. The zero-order chi connectivity index (χ0) is 16.5. The molecule has 23 heavy (non-hydrogen) atoms. The van der Waals surface area contributed by atoms with Gasteiger partial charge in [0.05, 0.1) is 7.11 Å². The molecule has 0 fully saturated rings. The zero-order valence-corrected chi connectivity index (χ0v) is 13.8. The van der Waals surface area contributed by atoms with E-state index in [9.17, 15) is 4.79 Å². The molecule has 0 heterocycles. The van der Waals surface area contributed by atoms with Crippen molar-refractivity contribution in [1.82, 2.24) is 5.32 Å². The van der Waals surface area contributed by atoms with Gasteiger partial charge in [0.1, 0.15) is 5.75 Å². The fraction of sp³-hybridized carbons (Fsp3) is 0.211. The first-order valence-corrected chi connectivity index (χ1v) is 7.89. The highest BCUT2D eigenvalue weighted by atomic mass is 35.5. The van der Waals surface area contributed by atoms with Gasteiger partial charge in [0, 0.05) is 17.6 Å². The molecular formula is C19H20ClNO2. The third kappa shape index (κ3) is 6.17. The fourth-order valence-electron chi connectivity index (χ4n) is 2.10. The number of halogens is 1. The van der Waals surface area contributed by atoms with Gasteiger partial charge < -0.3 is 10.1 Å². The smallest absolute Gasteiger partial charge is 0.243 e. The minimum Gasteiger partial charge on any atom is -0.497 e. The van der Waals surface area contributed by atoms with Gasteiger partial charge in [0.25, 0.3) is 0 Å². The number of nitrogens with one attached hydrogen (secondary N) is 1. The number of methoxy groups -OCH3 is 1. The van der Waals surface area contributed by atoms with Crippen LogP contribution in [0.5, 0.6) is 5.75 Å². The number of carbonyl (C=O) groups excluding carboxylic acids is 1. The highest BCUT2D eigenvalue weighted by molar-refractivity contribution is 6.30. The number of benzene rings is 2. The van der Waals surface area contributed by atoms with E-state index in [4.69, 9.17) is 16.3 Å². The Kier molecular flexibility index (Phi) is 6.70. The molecule has 0 saturated carbocycles. The molecule has 2 aromatic carbocycles. The van der Waals surface area contributed by atoms with Crippen molar-refractivity contribution in [3.63, 3.8) is 0 Å². The average Bonchev–Trinajstić information content (AvgIpc) is 2.59. The first-order valence-electron chi connectivity index (χ1n) is 7.52. The molecule has 0 bridgehead atoms. The SMILES string of the molecule is COc1ccc(CCCNC(=O)/C=C/c2ccc(Cl)cc2)cc1. The summed E-state index contributed by atoms with van der Waals surface area (Å²) in [5.74, 6) is 0.768. The van der Waals surface area contributed by atoms with Gasteiger partial charge in [-0.25, -0.2) is 0 Å². The highest BCUT2D eigenvalue weighted by Crippen LogP contribution is 2.12. The molecule has 4 heteroatoms. The molecule has 2 aromatic rings. The van der Waals surface area contributed by atoms with Gasteiger partial charge in [0.15, 0.2) is 0 Å². The Morgan fingerprint density at radius 3 is 2.48 bits per heavy atom. The third-order valence-electron chi connectivity index (χ3n) is 3.40. The summed E-state index contributed by atoms with van der Waals surface area (Å²) < 4.78 is 5.12. The van der Waals surface area contributed by atoms with Crippen LogP contribution >= 0.6 is 11.6 Å². The van der Waals surface area contributed by atoms with E-state index in [0.717, 1.165) is 24.2 Å². The molecule has 1 amide bonds. The molecule has 0 atom stereocenters. The van der Waals surface area contributed by atoms with E-state index < -0.39 is 0 Å². The number of carbonyl (C=O) groups is 1. The van der Waals surface area contributed by atoms with Crippen LogP contribution in [0.3, 0.4) is 0 Å². The number of rotatable bonds is 7. The summed E-state index contributed by atoms with van der Waals surface area (Å²) in [6, 6.07) is 15.3. The second-order valence-corrected chi connectivity index (χ2v) is 5.56. The topological polar surface area (TPSA) is 38.3 Å². The maximum absolute atomic E-state index is 11.7. The quantitative estimate of drug-likeness (QED) is 0.613. The Hall–Kier alpha value is -2.26. The van der Waals surface area contributed by atoms with Crippen molar-refractivity contribution in [2.45, 2.75) is 12.8 Å². The number of aryl methyl sites for hydroxylation is 1. The van der Waals surface area contributed by atoms with Crippen molar-refractivity contribution in [1.29, 1.82) is 0 Å². The maximum Gasteiger partial charge on any atom is 0.243 e. The molecule has 0 aromatic heterocycles. The summed E-state index contributed by atoms with van der Waals surface area (Å²) in [5, 5.41) is 3.57. The van der Waals surface area contributed by atoms with Crippen LogP contribution in [0.25, 0.3) is 6.08 Å². The summed E-state index contributed by atoms with van der Waals surface area (Å²) in [6.07, 6.45) is 5.13. The van der Waals surface area contributed by atoms with Crippen molar-refractivity contribution < 1.29 is 9.53 Å². The van der Waals surface area contributed by atoms with Crippen LogP contribution in [0.2, 0.25) is 5.02 Å². The lowest BCUT2D eigenvalue weighted by Crippen LogP contribution is -2.22. The lowest BCUT2D eigenvalue weighted by atomic mass is 10.1. The van der Waals surface area contributed by atoms with Crippen LogP contribution in [0.15, 0.2) is 54.6 Å². The largest absolute Gasteiger partial charge is 0.497 e. The molecule has 2 rings (SSSR count). The van der Waals surface area contributed by atoms with Gasteiger partial charge in [-0.3, -0.25) is 4.79 Å². The Morgan fingerprint density at radius 1 is 1.13 bits per heavy atom. The summed E-state index contributed by atoms with van der Waals surface area (Å²) in [7, 11) is 1.65. The molecule has 0 unspecified atom stereocenters. The first kappa shape index (κ1) is 17.1. The molecule has 0 aliphatic heterocycles. The molecule has 1 N–H and O–H groups in total. The van der Waals surface area contributed by atoms with Gasteiger partial charge in [-0.2, -0.15) is 0 Å². The summed E-state index contributed by atoms with van der Waals surface area (Å²) in [4.78, 5) is 11.7. The normalized spacial score (nSPS) is 10.7. The van der Waals surface area contributed by atoms with E-state index in [1.54, 1.807) is 25.3 Å². The van der Waals surface area contributed by atoms with E-state index in [-0.39, 0.29) is 5.91 Å². The van der Waals surface area contributed by atoms with Gasteiger partial charge >= 0.3 is 0 Å². The number of hydrogen-bond acceptors (Lipinski definition) is 2. The molecule has 0 aliphatic rings. The Balaban J connectivity index is 1.68. The Labute approximate surface area is 141 Å². The summed E-state index contributed by atoms with van der Waals surface area (Å²) in [6.45, 7) is 0.649. The number of amides is 1. The number of ether oxygens (including phenoxy) is 1. The second-order valence-electron chi connectivity index (χ2n) is 5.13. The van der Waals surface area contributed by atoms with Crippen molar-refractivity contribution in [2.24, 2.45) is 0 Å². The molecular weight excluding hydrogens is 310 g/mol. The van der Waals surface area contributed by atoms with Crippen molar-refractivity contribution in [2.75, 3.05) is 13.7 Å². The lowest BCUT2D eigenvalue weighted by Gasteiger charge is -2.04. The van der Waals surface area contributed by atoms with Crippen LogP contribution < -0.4 is 10.1 Å². The molecule has 0 spiro atoms. The maximum atomic E-state index is 11.7. The molecule has 0 saturated heterocycles.